The lowest BCUT2D eigenvalue weighted by Crippen LogP contribution is -2.35. The van der Waals surface area contributed by atoms with Gasteiger partial charge in [0.15, 0.2) is 0 Å². The molecule has 1 amide bonds. The quantitative estimate of drug-likeness (QED) is 0.906. The van der Waals surface area contributed by atoms with E-state index in [4.69, 9.17) is 23.2 Å². The van der Waals surface area contributed by atoms with Crippen molar-refractivity contribution in [1.29, 1.82) is 0 Å². The maximum absolute atomic E-state index is 12.6. The molecular weight excluding hydrogens is 307 g/mol. The van der Waals surface area contributed by atoms with E-state index in [0.29, 0.717) is 10.0 Å². The molecule has 0 saturated carbocycles. The van der Waals surface area contributed by atoms with Gasteiger partial charge in [-0.15, -0.1) is 0 Å². The number of halogens is 2. The smallest absolute Gasteiger partial charge is 0.227 e. The number of nitrogens with one attached hydrogen (secondary N) is 1. The Kier molecular flexibility index (Phi) is 3.71. The Bertz CT molecular complexity index is 553. The minimum absolute atomic E-state index is 0.113. The van der Waals surface area contributed by atoms with Crippen molar-refractivity contribution in [2.24, 2.45) is 10.8 Å². The van der Waals surface area contributed by atoms with Gasteiger partial charge in [0, 0.05) is 47.1 Å². The lowest BCUT2D eigenvalue weighted by Gasteiger charge is -2.30. The lowest BCUT2D eigenvalue weighted by atomic mass is 9.71. The normalized spacial score (nSPS) is 31.5. The Morgan fingerprint density at radius 2 is 1.71 bits per heavy atom. The van der Waals surface area contributed by atoms with Gasteiger partial charge in [0.25, 0.3) is 0 Å². The van der Waals surface area contributed by atoms with Gasteiger partial charge in [-0.1, -0.05) is 43.1 Å². The van der Waals surface area contributed by atoms with Crippen LogP contribution in [0.2, 0.25) is 10.0 Å². The number of hydrogen-bond donors (Lipinski definition) is 1. The number of amides is 1. The third-order valence-electron chi connectivity index (χ3n) is 5.31. The minimum Gasteiger partial charge on any atom is -0.341 e. The van der Waals surface area contributed by atoms with E-state index >= 15 is 0 Å². The molecule has 0 aliphatic carbocycles. The van der Waals surface area contributed by atoms with Crippen LogP contribution in [0.5, 0.6) is 0 Å². The van der Waals surface area contributed by atoms with Crippen LogP contribution in [0.3, 0.4) is 0 Å². The Labute approximate surface area is 135 Å². The summed E-state index contributed by atoms with van der Waals surface area (Å²) in [7, 11) is 0. The fourth-order valence-corrected chi connectivity index (χ4v) is 4.10. The molecule has 2 saturated heterocycles. The van der Waals surface area contributed by atoms with Crippen LogP contribution >= 0.6 is 23.2 Å². The van der Waals surface area contributed by atoms with E-state index in [1.165, 1.54) is 0 Å². The van der Waals surface area contributed by atoms with E-state index in [0.717, 1.165) is 31.7 Å². The van der Waals surface area contributed by atoms with Crippen LogP contribution in [0.15, 0.2) is 18.2 Å². The van der Waals surface area contributed by atoms with Crippen LogP contribution in [-0.4, -0.2) is 37.0 Å². The summed E-state index contributed by atoms with van der Waals surface area (Å²) in [4.78, 5) is 14.6. The third-order valence-corrected chi connectivity index (χ3v) is 6.02. The Hall–Kier alpha value is -0.770. The molecule has 0 radical (unpaired) electrons. The van der Waals surface area contributed by atoms with Gasteiger partial charge in [0.1, 0.15) is 0 Å². The average Bonchev–Trinajstić information content (AvgIpc) is 2.82. The molecule has 114 valence electrons. The fourth-order valence-electron chi connectivity index (χ4n) is 3.57. The number of likely N-dealkylation sites (tertiary alicyclic amines) is 1. The second kappa shape index (κ2) is 5.15. The third kappa shape index (κ3) is 2.45. The van der Waals surface area contributed by atoms with E-state index in [1.807, 2.05) is 4.90 Å². The zero-order valence-electron chi connectivity index (χ0n) is 12.4. The van der Waals surface area contributed by atoms with Gasteiger partial charge in [0.05, 0.1) is 6.42 Å². The summed E-state index contributed by atoms with van der Waals surface area (Å²) < 4.78 is 0. The summed E-state index contributed by atoms with van der Waals surface area (Å²) in [6, 6.07) is 5.36. The van der Waals surface area contributed by atoms with E-state index in [-0.39, 0.29) is 23.2 Å². The minimum atomic E-state index is 0.113. The van der Waals surface area contributed by atoms with E-state index in [2.05, 4.69) is 19.2 Å². The van der Waals surface area contributed by atoms with Crippen molar-refractivity contribution in [3.8, 4) is 0 Å². The molecule has 0 bridgehead atoms. The molecule has 2 aliphatic heterocycles. The summed E-state index contributed by atoms with van der Waals surface area (Å²) in [6.07, 6.45) is 0.276. The van der Waals surface area contributed by atoms with Gasteiger partial charge in [-0.3, -0.25) is 4.79 Å². The highest BCUT2D eigenvalue weighted by Crippen LogP contribution is 2.48. The molecule has 2 fully saturated rings. The fraction of sp³-hybridized carbons (Fsp3) is 0.562. The molecule has 2 aliphatic rings. The zero-order chi connectivity index (χ0) is 15.3. The van der Waals surface area contributed by atoms with Crippen molar-refractivity contribution < 1.29 is 4.79 Å². The van der Waals surface area contributed by atoms with Crippen molar-refractivity contribution in [2.75, 3.05) is 26.2 Å². The molecule has 3 nitrogen and oxygen atoms in total. The summed E-state index contributed by atoms with van der Waals surface area (Å²) >= 11 is 12.3. The van der Waals surface area contributed by atoms with Crippen molar-refractivity contribution in [2.45, 2.75) is 20.3 Å². The molecule has 2 atom stereocenters. The van der Waals surface area contributed by atoms with E-state index < -0.39 is 0 Å². The highest BCUT2D eigenvalue weighted by Gasteiger charge is 2.55. The number of benzene rings is 1. The summed E-state index contributed by atoms with van der Waals surface area (Å²) in [5.41, 5.74) is 1.05. The van der Waals surface area contributed by atoms with Gasteiger partial charge in [-0.05, 0) is 17.7 Å². The molecule has 1 aromatic carbocycles. The molecule has 1 aromatic rings. The Balaban J connectivity index is 1.76. The van der Waals surface area contributed by atoms with Crippen molar-refractivity contribution in [3.05, 3.63) is 33.8 Å². The largest absolute Gasteiger partial charge is 0.341 e. The molecule has 0 aromatic heterocycles. The number of hydrogen-bond acceptors (Lipinski definition) is 2. The molecule has 5 heteroatoms. The van der Waals surface area contributed by atoms with Gasteiger partial charge in [-0.2, -0.15) is 0 Å². The van der Waals surface area contributed by atoms with Crippen LogP contribution in [0.1, 0.15) is 19.4 Å². The van der Waals surface area contributed by atoms with Gasteiger partial charge in [-0.25, -0.2) is 0 Å². The van der Waals surface area contributed by atoms with Crippen LogP contribution in [-0.2, 0) is 11.2 Å². The lowest BCUT2D eigenvalue weighted by molar-refractivity contribution is -0.130. The second-order valence-corrected chi connectivity index (χ2v) is 7.67. The molecule has 3 rings (SSSR count). The van der Waals surface area contributed by atoms with E-state index in [9.17, 15) is 4.79 Å². The molecule has 0 unspecified atom stereocenters. The van der Waals surface area contributed by atoms with E-state index in [1.54, 1.807) is 18.2 Å². The first-order valence-corrected chi connectivity index (χ1v) is 8.02. The number of carbonyl (C=O) groups is 1. The first-order chi connectivity index (χ1) is 9.85. The summed E-state index contributed by atoms with van der Waals surface area (Å²) in [5.74, 6) is 0.113. The SMILES string of the molecule is C[C@@]12CNC[C@]1(C)CN(C(=O)Cc1c(Cl)cccc1Cl)C2. The molecule has 1 N–H and O–H groups in total. The predicted octanol–water partition coefficient (Wildman–Crippen LogP) is 2.99. The average molecular weight is 327 g/mol. The molecular formula is C16H20Cl2N2O. The van der Waals surface area contributed by atoms with Gasteiger partial charge < -0.3 is 10.2 Å². The highest BCUT2D eigenvalue weighted by molar-refractivity contribution is 6.36. The number of nitrogens with zero attached hydrogens (tertiary/aromatic N) is 1. The first-order valence-electron chi connectivity index (χ1n) is 7.26. The monoisotopic (exact) mass is 326 g/mol. The van der Waals surface area contributed by atoms with Crippen molar-refractivity contribution in [1.82, 2.24) is 10.2 Å². The van der Waals surface area contributed by atoms with Gasteiger partial charge >= 0.3 is 0 Å². The van der Waals surface area contributed by atoms with Gasteiger partial charge in [0.2, 0.25) is 5.91 Å². The Morgan fingerprint density at radius 1 is 1.19 bits per heavy atom. The number of carbonyl (C=O) groups excluding carboxylic acids is 1. The Morgan fingerprint density at radius 3 is 2.24 bits per heavy atom. The predicted molar refractivity (Wildman–Crippen MR) is 85.8 cm³/mol. The summed E-state index contributed by atoms with van der Waals surface area (Å²) in [6.45, 7) is 8.08. The molecule has 2 heterocycles. The molecule has 21 heavy (non-hydrogen) atoms. The van der Waals surface area contributed by atoms with Crippen LogP contribution in [0.25, 0.3) is 0 Å². The van der Waals surface area contributed by atoms with Crippen molar-refractivity contribution >= 4 is 29.1 Å². The first kappa shape index (κ1) is 15.1. The zero-order valence-corrected chi connectivity index (χ0v) is 13.9. The highest BCUT2D eigenvalue weighted by atomic mass is 35.5. The summed E-state index contributed by atoms with van der Waals surface area (Å²) in [5, 5.41) is 4.58. The maximum Gasteiger partial charge on any atom is 0.227 e. The van der Waals surface area contributed by atoms with Crippen LogP contribution < -0.4 is 5.32 Å². The maximum atomic E-state index is 12.6. The molecule has 0 spiro atoms. The van der Waals surface area contributed by atoms with Crippen LogP contribution in [0.4, 0.5) is 0 Å². The number of rotatable bonds is 2. The van der Waals surface area contributed by atoms with Crippen LogP contribution in [0, 0.1) is 10.8 Å². The topological polar surface area (TPSA) is 32.3 Å². The standard InChI is InChI=1S/C16H20Cl2N2O/c1-15-7-19-8-16(15,2)10-20(9-15)14(21)6-11-12(17)4-3-5-13(11)18/h3-5,19H,6-10H2,1-2H3/t15-,16+. The second-order valence-electron chi connectivity index (χ2n) is 6.85. The van der Waals surface area contributed by atoms with Crippen molar-refractivity contribution in [3.63, 3.8) is 0 Å². The number of fused-ring (bicyclic) bond motifs is 1.